The number of aryl methyl sites for hydroxylation is 1. The molecule has 6 heteroatoms. The number of halogens is 1. The van der Waals surface area contributed by atoms with Gasteiger partial charge in [0, 0.05) is 16.3 Å². The minimum Gasteiger partial charge on any atom is -0.322 e. The third kappa shape index (κ3) is 3.40. The molecule has 3 aromatic carbocycles. The number of amides is 1. The summed E-state index contributed by atoms with van der Waals surface area (Å²) in [7, 11) is 0. The molecule has 0 unspecified atom stereocenters. The maximum absolute atomic E-state index is 13.1. The molecule has 0 saturated heterocycles. The fraction of sp³-hybridized carbons (Fsp3) is 0.0455. The maximum Gasteiger partial charge on any atom is 0.266 e. The zero-order valence-electron chi connectivity index (χ0n) is 15.0. The smallest absolute Gasteiger partial charge is 0.266 e. The molecule has 0 aliphatic carbocycles. The molecule has 0 saturated carbocycles. The van der Waals surface area contributed by atoms with Crippen LogP contribution in [-0.2, 0) is 0 Å². The van der Waals surface area contributed by atoms with Gasteiger partial charge in [-0.05, 0) is 55.5 Å². The van der Waals surface area contributed by atoms with Crippen LogP contribution in [0.4, 0.5) is 5.69 Å². The molecule has 0 aliphatic rings. The number of nitrogens with zero attached hydrogens (tertiary/aromatic N) is 2. The Morgan fingerprint density at radius 1 is 1.00 bits per heavy atom. The van der Waals surface area contributed by atoms with Crippen molar-refractivity contribution in [2.75, 3.05) is 5.32 Å². The molecule has 1 heterocycles. The van der Waals surface area contributed by atoms with E-state index in [-0.39, 0.29) is 11.5 Å². The maximum atomic E-state index is 13.1. The van der Waals surface area contributed by atoms with Crippen LogP contribution in [0.1, 0.15) is 16.2 Å². The highest BCUT2D eigenvalue weighted by molar-refractivity contribution is 6.31. The monoisotopic (exact) mass is 389 g/mol. The van der Waals surface area contributed by atoms with Gasteiger partial charge >= 0.3 is 0 Å². The van der Waals surface area contributed by atoms with Crippen molar-refractivity contribution in [3.05, 3.63) is 99.6 Å². The van der Waals surface area contributed by atoms with Crippen LogP contribution in [0.3, 0.4) is 0 Å². The molecular weight excluding hydrogens is 374 g/mol. The molecule has 0 radical (unpaired) electrons. The summed E-state index contributed by atoms with van der Waals surface area (Å²) in [5.74, 6) is 0.296. The van der Waals surface area contributed by atoms with Gasteiger partial charge in [0.05, 0.1) is 16.6 Å². The Morgan fingerprint density at radius 2 is 1.79 bits per heavy atom. The predicted octanol–water partition coefficient (Wildman–Crippen LogP) is 4.60. The largest absolute Gasteiger partial charge is 0.322 e. The highest BCUT2D eigenvalue weighted by Gasteiger charge is 2.12. The Kier molecular flexibility index (Phi) is 4.67. The van der Waals surface area contributed by atoms with Crippen LogP contribution in [0, 0.1) is 6.92 Å². The zero-order valence-corrected chi connectivity index (χ0v) is 15.8. The lowest BCUT2D eigenvalue weighted by atomic mass is 10.2. The summed E-state index contributed by atoms with van der Waals surface area (Å²) in [5.41, 5.74) is 2.09. The second-order valence-electron chi connectivity index (χ2n) is 6.33. The average molecular weight is 390 g/mol. The number of hydrogen-bond donors (Lipinski definition) is 1. The highest BCUT2D eigenvalue weighted by atomic mass is 35.5. The lowest BCUT2D eigenvalue weighted by Gasteiger charge is -2.12. The van der Waals surface area contributed by atoms with Crippen molar-refractivity contribution in [3.8, 4) is 5.69 Å². The van der Waals surface area contributed by atoms with Gasteiger partial charge in [0.1, 0.15) is 5.82 Å². The van der Waals surface area contributed by atoms with Gasteiger partial charge in [-0.25, -0.2) is 4.98 Å². The van der Waals surface area contributed by atoms with E-state index in [0.717, 1.165) is 5.69 Å². The molecule has 0 aliphatic heterocycles. The topological polar surface area (TPSA) is 64.0 Å². The van der Waals surface area contributed by atoms with E-state index in [1.165, 1.54) is 0 Å². The van der Waals surface area contributed by atoms with Gasteiger partial charge < -0.3 is 5.32 Å². The standard InChI is InChI=1S/C22H16ClN3O2/c1-14-24-20-11-10-17(25-21(27)15-6-5-7-16(23)12-15)13-19(20)22(28)26(14)18-8-3-2-4-9-18/h2-13H,1H3,(H,25,27). The van der Waals surface area contributed by atoms with Crippen molar-refractivity contribution in [2.24, 2.45) is 0 Å². The quantitative estimate of drug-likeness (QED) is 0.557. The number of hydrogen-bond acceptors (Lipinski definition) is 3. The molecule has 4 rings (SSSR count). The van der Waals surface area contributed by atoms with Gasteiger partial charge in [-0.1, -0.05) is 35.9 Å². The number of carbonyl (C=O) groups excluding carboxylic acids is 1. The minimum absolute atomic E-state index is 0.187. The number of aromatic nitrogens is 2. The molecule has 0 bridgehead atoms. The molecule has 28 heavy (non-hydrogen) atoms. The molecule has 0 fully saturated rings. The number of carbonyl (C=O) groups is 1. The van der Waals surface area contributed by atoms with Gasteiger partial charge in [-0.15, -0.1) is 0 Å². The molecule has 4 aromatic rings. The predicted molar refractivity (Wildman–Crippen MR) is 111 cm³/mol. The van der Waals surface area contributed by atoms with Crippen molar-refractivity contribution in [1.29, 1.82) is 0 Å². The summed E-state index contributed by atoms with van der Waals surface area (Å²) in [6.07, 6.45) is 0. The van der Waals surface area contributed by atoms with Crippen LogP contribution >= 0.6 is 11.6 Å². The van der Waals surface area contributed by atoms with Gasteiger partial charge in [-0.3, -0.25) is 14.2 Å². The summed E-state index contributed by atoms with van der Waals surface area (Å²) in [6.45, 7) is 1.79. The Balaban J connectivity index is 1.76. The Labute approximate surface area is 166 Å². The van der Waals surface area contributed by atoms with Crippen molar-refractivity contribution in [2.45, 2.75) is 6.92 Å². The van der Waals surface area contributed by atoms with E-state index in [4.69, 9.17) is 11.6 Å². The van der Waals surface area contributed by atoms with Crippen LogP contribution in [0.5, 0.6) is 0 Å². The van der Waals surface area contributed by atoms with Crippen molar-refractivity contribution < 1.29 is 4.79 Å². The molecule has 0 spiro atoms. The third-order valence-corrected chi connectivity index (χ3v) is 4.63. The van der Waals surface area contributed by atoms with Gasteiger partial charge in [-0.2, -0.15) is 0 Å². The summed E-state index contributed by atoms with van der Waals surface area (Å²) >= 11 is 5.95. The van der Waals surface area contributed by atoms with E-state index in [1.807, 2.05) is 30.3 Å². The van der Waals surface area contributed by atoms with Crippen LogP contribution in [-0.4, -0.2) is 15.5 Å². The van der Waals surface area contributed by atoms with E-state index in [2.05, 4.69) is 10.3 Å². The van der Waals surface area contributed by atoms with E-state index in [0.29, 0.717) is 33.0 Å². The first-order chi connectivity index (χ1) is 13.5. The summed E-state index contributed by atoms with van der Waals surface area (Å²) in [4.78, 5) is 30.1. The van der Waals surface area contributed by atoms with Gasteiger partial charge in [0.25, 0.3) is 11.5 Å². The Morgan fingerprint density at radius 3 is 2.54 bits per heavy atom. The molecule has 5 nitrogen and oxygen atoms in total. The van der Waals surface area contributed by atoms with Gasteiger partial charge in [0.15, 0.2) is 0 Å². The second kappa shape index (κ2) is 7.29. The molecule has 1 amide bonds. The average Bonchev–Trinajstić information content (AvgIpc) is 2.69. The van der Waals surface area contributed by atoms with E-state index >= 15 is 0 Å². The SMILES string of the molecule is Cc1nc2ccc(NC(=O)c3cccc(Cl)c3)cc2c(=O)n1-c1ccccc1. The van der Waals surface area contributed by atoms with Crippen molar-refractivity contribution in [1.82, 2.24) is 9.55 Å². The van der Waals surface area contributed by atoms with E-state index in [1.54, 1.807) is 54.0 Å². The molecule has 1 aromatic heterocycles. The number of nitrogens with one attached hydrogen (secondary N) is 1. The van der Waals surface area contributed by atoms with E-state index in [9.17, 15) is 9.59 Å². The fourth-order valence-corrected chi connectivity index (χ4v) is 3.28. The van der Waals surface area contributed by atoms with Crippen LogP contribution in [0.2, 0.25) is 5.02 Å². The lowest BCUT2D eigenvalue weighted by Crippen LogP contribution is -2.22. The van der Waals surface area contributed by atoms with E-state index < -0.39 is 0 Å². The summed E-state index contributed by atoms with van der Waals surface area (Å²) in [6, 6.07) is 21.1. The minimum atomic E-state index is -0.301. The van der Waals surface area contributed by atoms with Crippen molar-refractivity contribution in [3.63, 3.8) is 0 Å². The molecule has 138 valence electrons. The number of fused-ring (bicyclic) bond motifs is 1. The Bertz CT molecular complexity index is 1250. The van der Waals surface area contributed by atoms with Crippen LogP contribution in [0.15, 0.2) is 77.6 Å². The zero-order chi connectivity index (χ0) is 19.7. The molecular formula is C22H16ClN3O2. The molecule has 1 N–H and O–H groups in total. The highest BCUT2D eigenvalue weighted by Crippen LogP contribution is 2.19. The Hall–Kier alpha value is -3.44. The van der Waals surface area contributed by atoms with Crippen molar-refractivity contribution >= 4 is 34.1 Å². The fourth-order valence-electron chi connectivity index (χ4n) is 3.09. The number of benzene rings is 3. The summed E-state index contributed by atoms with van der Waals surface area (Å²) < 4.78 is 1.56. The van der Waals surface area contributed by atoms with Gasteiger partial charge in [0.2, 0.25) is 0 Å². The number of para-hydroxylation sites is 1. The lowest BCUT2D eigenvalue weighted by molar-refractivity contribution is 0.102. The van der Waals surface area contributed by atoms with Crippen LogP contribution in [0.25, 0.3) is 16.6 Å². The first-order valence-corrected chi connectivity index (χ1v) is 9.06. The molecule has 0 atom stereocenters. The normalized spacial score (nSPS) is 10.8. The first-order valence-electron chi connectivity index (χ1n) is 8.69. The van der Waals surface area contributed by atoms with Crippen LogP contribution < -0.4 is 10.9 Å². The number of anilines is 1. The first kappa shape index (κ1) is 17.9. The number of rotatable bonds is 3. The summed E-state index contributed by atoms with van der Waals surface area (Å²) in [5, 5.41) is 3.72. The second-order valence-corrected chi connectivity index (χ2v) is 6.77. The third-order valence-electron chi connectivity index (χ3n) is 4.39.